The van der Waals surface area contributed by atoms with E-state index in [1.165, 1.54) is 18.4 Å². The molecule has 0 fully saturated rings. The second-order valence-corrected chi connectivity index (χ2v) is 11.9. The predicted octanol–water partition coefficient (Wildman–Crippen LogP) is 5.45. The average molecular weight is 543 g/mol. The number of hydrogen-bond donors (Lipinski definition) is 1. The number of carbonyl (C=O) groups is 1. The van der Waals surface area contributed by atoms with Gasteiger partial charge in [0.2, 0.25) is 0 Å². The molecule has 7 nitrogen and oxygen atoms in total. The Morgan fingerprint density at radius 3 is 2.53 bits per heavy atom. The fourth-order valence-corrected chi connectivity index (χ4v) is 5.24. The van der Waals surface area contributed by atoms with Crippen LogP contribution in [-0.2, 0) is 21.1 Å². The summed E-state index contributed by atoms with van der Waals surface area (Å²) in [6.45, 7) is 4.56. The smallest absolute Gasteiger partial charge is 0.303 e. The van der Waals surface area contributed by atoms with Crippen molar-refractivity contribution in [1.29, 1.82) is 0 Å². The van der Waals surface area contributed by atoms with Crippen LogP contribution in [0, 0.1) is 19.7 Å². The van der Waals surface area contributed by atoms with Gasteiger partial charge in [0.25, 0.3) is 0 Å². The van der Waals surface area contributed by atoms with Crippen LogP contribution in [0.5, 0.6) is 17.2 Å². The van der Waals surface area contributed by atoms with Crippen molar-refractivity contribution in [3.05, 3.63) is 76.6 Å². The van der Waals surface area contributed by atoms with Crippen molar-refractivity contribution in [2.24, 2.45) is 0 Å². The summed E-state index contributed by atoms with van der Waals surface area (Å²) in [5.74, 6) is -0.0414. The summed E-state index contributed by atoms with van der Waals surface area (Å²) in [6, 6.07) is 14.6. The molecule has 1 aliphatic rings. The molecular weight excluding hydrogens is 511 g/mol. The molecule has 0 bridgehead atoms. The van der Waals surface area contributed by atoms with Gasteiger partial charge in [0, 0.05) is 18.7 Å². The van der Waals surface area contributed by atoms with Gasteiger partial charge in [-0.15, -0.1) is 0 Å². The summed E-state index contributed by atoms with van der Waals surface area (Å²) < 4.78 is 54.9. The first kappa shape index (κ1) is 27.4. The Kier molecular flexibility index (Phi) is 8.26. The van der Waals surface area contributed by atoms with Crippen molar-refractivity contribution in [3.63, 3.8) is 0 Å². The lowest BCUT2D eigenvalue weighted by molar-refractivity contribution is -0.136. The van der Waals surface area contributed by atoms with E-state index in [1.807, 2.05) is 50.2 Å². The molecular formula is C29H31FO7S. The minimum absolute atomic E-state index is 0.0759. The second-order valence-electron chi connectivity index (χ2n) is 9.59. The van der Waals surface area contributed by atoms with E-state index in [9.17, 15) is 17.6 Å². The highest BCUT2D eigenvalue weighted by Gasteiger charge is 2.25. The van der Waals surface area contributed by atoms with Crippen LogP contribution < -0.4 is 14.2 Å². The highest BCUT2D eigenvalue weighted by molar-refractivity contribution is 7.90. The van der Waals surface area contributed by atoms with E-state index in [0.717, 1.165) is 27.8 Å². The summed E-state index contributed by atoms with van der Waals surface area (Å²) in [6.07, 6.45) is 1.12. The van der Waals surface area contributed by atoms with Crippen LogP contribution in [0.4, 0.5) is 4.39 Å². The number of fused-ring (bicyclic) bond motifs is 1. The maximum atomic E-state index is 14.5. The number of rotatable bonds is 10. The van der Waals surface area contributed by atoms with E-state index in [0.29, 0.717) is 24.5 Å². The Labute approximate surface area is 222 Å². The van der Waals surface area contributed by atoms with Crippen LogP contribution in [0.1, 0.15) is 41.2 Å². The Morgan fingerprint density at radius 2 is 1.84 bits per heavy atom. The van der Waals surface area contributed by atoms with Gasteiger partial charge >= 0.3 is 5.97 Å². The van der Waals surface area contributed by atoms with Crippen LogP contribution >= 0.6 is 0 Å². The van der Waals surface area contributed by atoms with Gasteiger partial charge in [0.1, 0.15) is 28.0 Å². The zero-order chi connectivity index (χ0) is 27.4. The molecule has 3 aromatic carbocycles. The molecule has 1 aliphatic heterocycles. The zero-order valence-electron chi connectivity index (χ0n) is 21.6. The van der Waals surface area contributed by atoms with Gasteiger partial charge in [-0.05, 0) is 84.3 Å². The van der Waals surface area contributed by atoms with E-state index >= 15 is 0 Å². The fourth-order valence-electron chi connectivity index (χ4n) is 4.60. The van der Waals surface area contributed by atoms with Crippen molar-refractivity contribution in [2.45, 2.75) is 39.2 Å². The van der Waals surface area contributed by atoms with Crippen LogP contribution in [0.25, 0.3) is 11.1 Å². The molecule has 0 aromatic heterocycles. The second kappa shape index (κ2) is 11.4. The first-order valence-corrected chi connectivity index (χ1v) is 14.4. The Hall–Kier alpha value is -3.59. The summed E-state index contributed by atoms with van der Waals surface area (Å²) in [7, 11) is -3.01. The van der Waals surface area contributed by atoms with Gasteiger partial charge in [-0.1, -0.05) is 18.2 Å². The molecule has 0 amide bonds. The summed E-state index contributed by atoms with van der Waals surface area (Å²) in [5.41, 5.74) is 5.24. The van der Waals surface area contributed by atoms with Gasteiger partial charge in [-0.2, -0.15) is 0 Å². The van der Waals surface area contributed by atoms with Crippen LogP contribution in [-0.4, -0.2) is 44.7 Å². The number of benzene rings is 3. The van der Waals surface area contributed by atoms with Crippen molar-refractivity contribution in [1.82, 2.24) is 0 Å². The first-order chi connectivity index (χ1) is 18.0. The molecule has 9 heteroatoms. The highest BCUT2D eigenvalue weighted by Crippen LogP contribution is 2.39. The molecule has 0 aliphatic carbocycles. The Morgan fingerprint density at radius 1 is 1.11 bits per heavy atom. The standard InChI is InChI=1S/C29H31FO7S/c1-18-12-23(35-10-5-11-38(3,33)34)13-19(2)29(18)22-7-4-6-21(14-22)27-17-36-25-15-20(8-9-28(31)32)24(30)16-26(25)37-27/h4,6-7,12-16,27H,5,8-11,17H2,1-3H3,(H,31,32)/t27-/m0/s1. The van der Waals surface area contributed by atoms with Crippen LogP contribution in [0.15, 0.2) is 48.5 Å². The highest BCUT2D eigenvalue weighted by atomic mass is 32.2. The van der Waals surface area contributed by atoms with Gasteiger partial charge in [0.05, 0.1) is 12.4 Å². The van der Waals surface area contributed by atoms with E-state index < -0.39 is 27.7 Å². The van der Waals surface area contributed by atoms with Crippen molar-refractivity contribution in [2.75, 3.05) is 25.2 Å². The first-order valence-electron chi connectivity index (χ1n) is 12.4. The summed E-state index contributed by atoms with van der Waals surface area (Å²) >= 11 is 0. The average Bonchev–Trinajstić information content (AvgIpc) is 2.84. The number of hydrogen-bond acceptors (Lipinski definition) is 6. The zero-order valence-corrected chi connectivity index (χ0v) is 22.4. The normalized spacial score (nSPS) is 14.8. The number of sulfone groups is 1. The molecule has 1 atom stereocenters. The van der Waals surface area contributed by atoms with Crippen molar-refractivity contribution < 1.29 is 36.9 Å². The molecule has 0 spiro atoms. The SMILES string of the molecule is Cc1cc(OCCCS(C)(=O)=O)cc(C)c1-c1cccc([C@@H]2COc3cc(CCC(=O)O)c(F)cc3O2)c1. The molecule has 0 saturated carbocycles. The number of carboxylic acid groups (broad SMARTS) is 1. The lowest BCUT2D eigenvalue weighted by Crippen LogP contribution is -2.22. The number of ether oxygens (including phenoxy) is 3. The van der Waals surface area contributed by atoms with Gasteiger partial charge in [0.15, 0.2) is 17.6 Å². The molecule has 1 heterocycles. The lowest BCUT2D eigenvalue weighted by atomic mass is 9.93. The monoisotopic (exact) mass is 542 g/mol. The molecule has 202 valence electrons. The van der Waals surface area contributed by atoms with E-state index in [1.54, 1.807) is 0 Å². The third-order valence-corrected chi connectivity index (χ3v) is 7.39. The third kappa shape index (κ3) is 6.83. The molecule has 3 aromatic rings. The summed E-state index contributed by atoms with van der Waals surface area (Å²) in [5, 5.41) is 8.88. The maximum Gasteiger partial charge on any atom is 0.303 e. The Bertz CT molecular complexity index is 1430. The summed E-state index contributed by atoms with van der Waals surface area (Å²) in [4.78, 5) is 10.8. The third-order valence-electron chi connectivity index (χ3n) is 6.36. The van der Waals surface area contributed by atoms with E-state index in [4.69, 9.17) is 19.3 Å². The molecule has 0 saturated heterocycles. The van der Waals surface area contributed by atoms with Gasteiger partial charge in [-0.3, -0.25) is 4.79 Å². The van der Waals surface area contributed by atoms with Crippen molar-refractivity contribution >= 4 is 15.8 Å². The van der Waals surface area contributed by atoms with Crippen molar-refractivity contribution in [3.8, 4) is 28.4 Å². The fraction of sp³-hybridized carbons (Fsp3) is 0.345. The number of aryl methyl sites for hydroxylation is 3. The lowest BCUT2D eigenvalue weighted by Gasteiger charge is -2.28. The molecule has 0 radical (unpaired) electrons. The maximum absolute atomic E-state index is 14.5. The van der Waals surface area contributed by atoms with E-state index in [-0.39, 0.29) is 36.5 Å². The largest absolute Gasteiger partial charge is 0.494 e. The molecule has 38 heavy (non-hydrogen) atoms. The van der Waals surface area contributed by atoms with Crippen LogP contribution in [0.3, 0.4) is 0 Å². The molecule has 4 rings (SSSR count). The minimum Gasteiger partial charge on any atom is -0.494 e. The van der Waals surface area contributed by atoms with Crippen LogP contribution in [0.2, 0.25) is 0 Å². The van der Waals surface area contributed by atoms with Gasteiger partial charge in [-0.25, -0.2) is 12.8 Å². The topological polar surface area (TPSA) is 99.1 Å². The molecule has 0 unspecified atom stereocenters. The Balaban J connectivity index is 1.50. The quantitative estimate of drug-likeness (QED) is 0.340. The number of aliphatic carboxylic acids is 1. The number of halogens is 1. The number of carboxylic acids is 1. The molecule has 1 N–H and O–H groups in total. The predicted molar refractivity (Wildman–Crippen MR) is 142 cm³/mol. The minimum atomic E-state index is -3.01. The van der Waals surface area contributed by atoms with E-state index in [2.05, 4.69) is 0 Å². The van der Waals surface area contributed by atoms with Gasteiger partial charge < -0.3 is 19.3 Å².